The molecule has 0 amide bonds. The van der Waals surface area contributed by atoms with Crippen LogP contribution in [-0.2, 0) is 19.0 Å². The van der Waals surface area contributed by atoms with Crippen molar-refractivity contribution in [2.45, 2.75) is 62.2 Å². The molecule has 0 spiro atoms. The molecule has 2 heterocycles. The van der Waals surface area contributed by atoms with Gasteiger partial charge in [-0.1, -0.05) is 6.92 Å². The maximum absolute atomic E-state index is 10.9. The van der Waals surface area contributed by atoms with E-state index in [2.05, 4.69) is 0 Å². The fraction of sp³-hybridized carbons (Fsp3) is 0.923. The van der Waals surface area contributed by atoms with Crippen LogP contribution in [0.1, 0.15) is 6.92 Å². The SMILES string of the molecule is CC1C(O)OC(CO)[C@@H](O[C@@H]2OC(C=O)[C@@H](O)C(O)[C@@H]2O)[C@@H]1O. The van der Waals surface area contributed by atoms with Gasteiger partial charge < -0.3 is 49.6 Å². The number of carbonyl (C=O) groups excluding carboxylic acids is 1. The average Bonchev–Trinajstić information content (AvgIpc) is 2.55. The van der Waals surface area contributed by atoms with E-state index in [4.69, 9.17) is 14.2 Å². The van der Waals surface area contributed by atoms with Gasteiger partial charge in [-0.05, 0) is 0 Å². The summed E-state index contributed by atoms with van der Waals surface area (Å²) < 4.78 is 15.6. The minimum absolute atomic E-state index is 0.250. The second kappa shape index (κ2) is 7.47. The van der Waals surface area contributed by atoms with E-state index in [9.17, 15) is 35.4 Å². The van der Waals surface area contributed by atoms with Crippen molar-refractivity contribution in [2.75, 3.05) is 6.61 Å². The summed E-state index contributed by atoms with van der Waals surface area (Å²) in [5.41, 5.74) is 0. The number of aldehydes is 1. The first-order valence-electron chi connectivity index (χ1n) is 7.24. The summed E-state index contributed by atoms with van der Waals surface area (Å²) in [5.74, 6) is -0.749. The van der Waals surface area contributed by atoms with Gasteiger partial charge in [-0.3, -0.25) is 0 Å². The maximum Gasteiger partial charge on any atom is 0.187 e. The fourth-order valence-electron chi connectivity index (χ4n) is 2.64. The summed E-state index contributed by atoms with van der Waals surface area (Å²) in [6.45, 7) is 0.904. The highest BCUT2D eigenvalue weighted by Gasteiger charge is 2.49. The Kier molecular flexibility index (Phi) is 6.05. The number of aliphatic hydroxyl groups excluding tert-OH is 6. The predicted molar refractivity (Wildman–Crippen MR) is 70.8 cm³/mol. The van der Waals surface area contributed by atoms with Crippen LogP contribution >= 0.6 is 0 Å². The fourth-order valence-corrected chi connectivity index (χ4v) is 2.64. The Balaban J connectivity index is 2.13. The lowest BCUT2D eigenvalue weighted by molar-refractivity contribution is -0.342. The lowest BCUT2D eigenvalue weighted by Crippen LogP contribution is -2.62. The zero-order chi connectivity index (χ0) is 17.3. The zero-order valence-corrected chi connectivity index (χ0v) is 12.4. The van der Waals surface area contributed by atoms with Crippen LogP contribution in [0.2, 0.25) is 0 Å². The summed E-state index contributed by atoms with van der Waals surface area (Å²) in [4.78, 5) is 10.9. The molecule has 0 bridgehead atoms. The van der Waals surface area contributed by atoms with Gasteiger partial charge >= 0.3 is 0 Å². The van der Waals surface area contributed by atoms with Crippen molar-refractivity contribution in [3.63, 3.8) is 0 Å². The van der Waals surface area contributed by atoms with Crippen LogP contribution < -0.4 is 0 Å². The highest BCUT2D eigenvalue weighted by Crippen LogP contribution is 2.30. The van der Waals surface area contributed by atoms with Crippen molar-refractivity contribution in [1.82, 2.24) is 0 Å². The van der Waals surface area contributed by atoms with Crippen LogP contribution in [0.5, 0.6) is 0 Å². The molecule has 5 unspecified atom stereocenters. The molecule has 0 aromatic carbocycles. The van der Waals surface area contributed by atoms with E-state index in [0.717, 1.165) is 0 Å². The second-order valence-corrected chi connectivity index (χ2v) is 5.78. The van der Waals surface area contributed by atoms with Crippen molar-refractivity contribution >= 4 is 6.29 Å². The van der Waals surface area contributed by atoms with Crippen LogP contribution in [0.15, 0.2) is 0 Å². The van der Waals surface area contributed by atoms with E-state index in [1.807, 2.05) is 0 Å². The normalized spacial score (nSPS) is 51.4. The van der Waals surface area contributed by atoms with Gasteiger partial charge in [0.25, 0.3) is 0 Å². The summed E-state index contributed by atoms with van der Waals surface area (Å²) in [6.07, 6.45) is -12.6. The monoisotopic (exact) mass is 338 g/mol. The Morgan fingerprint density at radius 1 is 1.00 bits per heavy atom. The lowest BCUT2D eigenvalue weighted by Gasteiger charge is -2.45. The van der Waals surface area contributed by atoms with E-state index in [1.165, 1.54) is 6.92 Å². The molecule has 10 heteroatoms. The van der Waals surface area contributed by atoms with Crippen LogP contribution in [0.3, 0.4) is 0 Å². The molecule has 2 fully saturated rings. The first-order valence-corrected chi connectivity index (χ1v) is 7.24. The Hall–Kier alpha value is -0.690. The van der Waals surface area contributed by atoms with Gasteiger partial charge in [-0.15, -0.1) is 0 Å². The molecule has 0 aromatic heterocycles. The molecule has 6 N–H and O–H groups in total. The standard InChI is InChI=1S/C13H22O10/c1-4-7(16)11(6(3-15)21-12(4)20)23-13-10(19)9(18)8(17)5(2-14)22-13/h2,4-13,15-20H,3H2,1H3/t4?,5?,6?,7-,8-,9?,10+,11-,12?,13+/m1/s1. The van der Waals surface area contributed by atoms with Crippen molar-refractivity contribution in [1.29, 1.82) is 0 Å². The van der Waals surface area contributed by atoms with Crippen molar-refractivity contribution in [3.8, 4) is 0 Å². The van der Waals surface area contributed by atoms with Crippen molar-refractivity contribution < 1.29 is 49.6 Å². The molecule has 2 saturated heterocycles. The number of rotatable bonds is 4. The van der Waals surface area contributed by atoms with Crippen LogP contribution in [-0.4, -0.2) is 98.8 Å². The smallest absolute Gasteiger partial charge is 0.187 e. The molecule has 134 valence electrons. The molecule has 10 atom stereocenters. The molecule has 2 aliphatic rings. The van der Waals surface area contributed by atoms with E-state index < -0.39 is 67.8 Å². The van der Waals surface area contributed by atoms with Gasteiger partial charge in [0.2, 0.25) is 0 Å². The molecule has 0 radical (unpaired) electrons. The summed E-state index contributed by atoms with van der Waals surface area (Å²) in [6, 6.07) is 0. The maximum atomic E-state index is 10.9. The minimum Gasteiger partial charge on any atom is -0.394 e. The number of hydrogen-bond acceptors (Lipinski definition) is 10. The van der Waals surface area contributed by atoms with E-state index in [0.29, 0.717) is 0 Å². The predicted octanol–water partition coefficient (Wildman–Crippen LogP) is -3.92. The van der Waals surface area contributed by atoms with Gasteiger partial charge in [0.15, 0.2) is 18.9 Å². The first kappa shape index (κ1) is 18.6. The Bertz CT molecular complexity index is 404. The Morgan fingerprint density at radius 3 is 2.22 bits per heavy atom. The second-order valence-electron chi connectivity index (χ2n) is 5.78. The molecule has 10 nitrogen and oxygen atoms in total. The average molecular weight is 338 g/mol. The topological polar surface area (TPSA) is 166 Å². The van der Waals surface area contributed by atoms with Gasteiger partial charge in [-0.25, -0.2) is 0 Å². The van der Waals surface area contributed by atoms with Gasteiger partial charge in [0.1, 0.15) is 36.6 Å². The Labute approximate surface area is 131 Å². The molecular weight excluding hydrogens is 316 g/mol. The highest BCUT2D eigenvalue weighted by atomic mass is 16.7. The molecule has 23 heavy (non-hydrogen) atoms. The van der Waals surface area contributed by atoms with Gasteiger partial charge in [-0.2, -0.15) is 0 Å². The van der Waals surface area contributed by atoms with Crippen molar-refractivity contribution in [3.05, 3.63) is 0 Å². The first-order chi connectivity index (χ1) is 10.8. The number of hydrogen-bond donors (Lipinski definition) is 6. The van der Waals surface area contributed by atoms with E-state index >= 15 is 0 Å². The summed E-state index contributed by atoms with van der Waals surface area (Å²) in [5, 5.41) is 58.3. The number of ether oxygens (including phenoxy) is 3. The van der Waals surface area contributed by atoms with Gasteiger partial charge in [0.05, 0.1) is 12.7 Å². The molecule has 0 saturated carbocycles. The molecular formula is C13H22O10. The molecule has 0 aliphatic carbocycles. The highest BCUT2D eigenvalue weighted by molar-refractivity contribution is 5.57. The zero-order valence-electron chi connectivity index (χ0n) is 12.4. The minimum atomic E-state index is -1.69. The van der Waals surface area contributed by atoms with E-state index in [-0.39, 0.29) is 6.29 Å². The third-order valence-corrected chi connectivity index (χ3v) is 4.22. The van der Waals surface area contributed by atoms with Crippen LogP contribution in [0, 0.1) is 5.92 Å². The quantitative estimate of drug-likeness (QED) is 0.279. The summed E-state index contributed by atoms with van der Waals surface area (Å²) >= 11 is 0. The molecule has 2 aliphatic heterocycles. The third-order valence-electron chi connectivity index (χ3n) is 4.22. The summed E-state index contributed by atoms with van der Waals surface area (Å²) in [7, 11) is 0. The number of aliphatic hydroxyl groups is 6. The van der Waals surface area contributed by atoms with Crippen LogP contribution in [0.25, 0.3) is 0 Å². The van der Waals surface area contributed by atoms with Crippen molar-refractivity contribution in [2.24, 2.45) is 5.92 Å². The van der Waals surface area contributed by atoms with Gasteiger partial charge in [0, 0.05) is 5.92 Å². The number of carbonyl (C=O) groups is 1. The molecule has 0 aromatic rings. The van der Waals surface area contributed by atoms with E-state index in [1.54, 1.807) is 0 Å². The molecule has 2 rings (SSSR count). The lowest BCUT2D eigenvalue weighted by atomic mass is 9.92. The van der Waals surface area contributed by atoms with Crippen LogP contribution in [0.4, 0.5) is 0 Å². The third kappa shape index (κ3) is 3.55. The Morgan fingerprint density at radius 2 is 1.65 bits per heavy atom. The largest absolute Gasteiger partial charge is 0.394 e.